The molecule has 0 amide bonds. The number of nitrogens with two attached hydrogens (primary N) is 1. The van der Waals surface area contributed by atoms with Crippen molar-refractivity contribution >= 4 is 11.6 Å². The van der Waals surface area contributed by atoms with E-state index in [-0.39, 0.29) is 6.04 Å². The average Bonchev–Trinajstić information content (AvgIpc) is 2.28. The van der Waals surface area contributed by atoms with Crippen LogP contribution in [0.1, 0.15) is 31.4 Å². The maximum atomic E-state index is 6.24. The SMILES string of the molecule is CCC[C@@H](N)c1ccc(OC)c(OC)c1Cl. The van der Waals surface area contributed by atoms with E-state index in [1.165, 1.54) is 0 Å². The van der Waals surface area contributed by atoms with E-state index >= 15 is 0 Å². The molecule has 0 saturated carbocycles. The van der Waals surface area contributed by atoms with Crippen LogP contribution in [0.15, 0.2) is 12.1 Å². The Bertz CT molecular complexity index is 355. The van der Waals surface area contributed by atoms with E-state index in [4.69, 9.17) is 26.8 Å². The van der Waals surface area contributed by atoms with Crippen LogP contribution in [-0.4, -0.2) is 14.2 Å². The molecule has 0 spiro atoms. The zero-order valence-corrected chi connectivity index (χ0v) is 10.7. The molecule has 1 aromatic rings. The molecule has 3 nitrogen and oxygen atoms in total. The number of hydrogen-bond donors (Lipinski definition) is 1. The number of ether oxygens (including phenoxy) is 2. The van der Waals surface area contributed by atoms with Crippen molar-refractivity contribution in [1.29, 1.82) is 0 Å². The topological polar surface area (TPSA) is 44.5 Å². The fourth-order valence-corrected chi connectivity index (χ4v) is 2.03. The lowest BCUT2D eigenvalue weighted by Gasteiger charge is -2.16. The molecule has 16 heavy (non-hydrogen) atoms. The van der Waals surface area contributed by atoms with Gasteiger partial charge in [-0.1, -0.05) is 31.0 Å². The zero-order valence-electron chi connectivity index (χ0n) is 9.92. The molecule has 0 heterocycles. The highest BCUT2D eigenvalue weighted by atomic mass is 35.5. The predicted molar refractivity (Wildman–Crippen MR) is 66.4 cm³/mol. The monoisotopic (exact) mass is 243 g/mol. The van der Waals surface area contributed by atoms with Crippen molar-refractivity contribution in [2.24, 2.45) is 5.73 Å². The molecular formula is C12H18ClNO2. The van der Waals surface area contributed by atoms with E-state index < -0.39 is 0 Å². The van der Waals surface area contributed by atoms with Crippen LogP contribution in [0, 0.1) is 0 Å². The highest BCUT2D eigenvalue weighted by Gasteiger charge is 2.16. The van der Waals surface area contributed by atoms with Crippen LogP contribution in [0.4, 0.5) is 0 Å². The molecule has 0 aliphatic carbocycles. The van der Waals surface area contributed by atoms with Gasteiger partial charge in [0.05, 0.1) is 19.2 Å². The Kier molecular flexibility index (Phi) is 4.90. The molecule has 0 aromatic heterocycles. The molecule has 0 aliphatic heterocycles. The summed E-state index contributed by atoms with van der Waals surface area (Å²) in [5.74, 6) is 1.17. The summed E-state index contributed by atoms with van der Waals surface area (Å²) in [6.45, 7) is 2.09. The fraction of sp³-hybridized carbons (Fsp3) is 0.500. The van der Waals surface area contributed by atoms with Crippen molar-refractivity contribution in [3.8, 4) is 11.5 Å². The third kappa shape index (κ3) is 2.60. The van der Waals surface area contributed by atoms with Crippen LogP contribution >= 0.6 is 11.6 Å². The van der Waals surface area contributed by atoms with Crippen LogP contribution in [-0.2, 0) is 0 Å². The number of benzene rings is 1. The van der Waals surface area contributed by atoms with Gasteiger partial charge in [-0.3, -0.25) is 0 Å². The molecule has 0 bridgehead atoms. The molecule has 4 heteroatoms. The Labute approximate surface area is 101 Å². The van der Waals surface area contributed by atoms with Gasteiger partial charge in [-0.25, -0.2) is 0 Å². The van der Waals surface area contributed by atoms with E-state index in [0.717, 1.165) is 18.4 Å². The Hall–Kier alpha value is -0.930. The quantitative estimate of drug-likeness (QED) is 0.864. The lowest BCUT2D eigenvalue weighted by molar-refractivity contribution is 0.354. The van der Waals surface area contributed by atoms with Crippen LogP contribution in [0.3, 0.4) is 0 Å². The molecule has 0 aliphatic rings. The average molecular weight is 244 g/mol. The molecule has 1 aromatic carbocycles. The Morgan fingerprint density at radius 2 is 2.00 bits per heavy atom. The number of rotatable bonds is 5. The molecule has 1 rings (SSSR count). The Morgan fingerprint density at radius 1 is 1.31 bits per heavy atom. The summed E-state index contributed by atoms with van der Waals surface area (Å²) in [7, 11) is 3.15. The maximum absolute atomic E-state index is 6.24. The Morgan fingerprint density at radius 3 is 2.50 bits per heavy atom. The molecule has 1 atom stereocenters. The van der Waals surface area contributed by atoms with Crippen molar-refractivity contribution < 1.29 is 9.47 Å². The van der Waals surface area contributed by atoms with Crippen LogP contribution < -0.4 is 15.2 Å². The largest absolute Gasteiger partial charge is 0.493 e. The predicted octanol–water partition coefficient (Wildman–Crippen LogP) is 3.16. The normalized spacial score (nSPS) is 12.3. The molecule has 0 radical (unpaired) electrons. The standard InChI is InChI=1S/C12H18ClNO2/c1-4-5-9(14)8-6-7-10(15-2)12(16-3)11(8)13/h6-7,9H,4-5,14H2,1-3H3/t9-/m1/s1. The second kappa shape index (κ2) is 5.97. The van der Waals surface area contributed by atoms with Gasteiger partial charge in [0.1, 0.15) is 0 Å². The van der Waals surface area contributed by atoms with Gasteiger partial charge in [0.15, 0.2) is 11.5 Å². The van der Waals surface area contributed by atoms with Gasteiger partial charge in [0.25, 0.3) is 0 Å². The summed E-state index contributed by atoms with van der Waals surface area (Å²) < 4.78 is 10.4. The number of methoxy groups -OCH3 is 2. The summed E-state index contributed by atoms with van der Waals surface area (Å²) in [6, 6.07) is 3.66. The van der Waals surface area contributed by atoms with E-state index in [0.29, 0.717) is 16.5 Å². The zero-order chi connectivity index (χ0) is 12.1. The molecule has 90 valence electrons. The van der Waals surface area contributed by atoms with Gasteiger partial charge < -0.3 is 15.2 Å². The van der Waals surface area contributed by atoms with E-state index in [1.807, 2.05) is 12.1 Å². The first-order valence-electron chi connectivity index (χ1n) is 5.31. The van der Waals surface area contributed by atoms with Gasteiger partial charge in [-0.05, 0) is 18.1 Å². The summed E-state index contributed by atoms with van der Waals surface area (Å²) in [5.41, 5.74) is 6.94. The van der Waals surface area contributed by atoms with Gasteiger partial charge in [-0.2, -0.15) is 0 Å². The lowest BCUT2D eigenvalue weighted by atomic mass is 10.0. The molecular weight excluding hydrogens is 226 g/mol. The summed E-state index contributed by atoms with van der Waals surface area (Å²) in [6.07, 6.45) is 1.92. The third-order valence-electron chi connectivity index (χ3n) is 2.51. The highest BCUT2D eigenvalue weighted by molar-refractivity contribution is 6.33. The first kappa shape index (κ1) is 13.1. The van der Waals surface area contributed by atoms with Gasteiger partial charge in [0, 0.05) is 6.04 Å². The van der Waals surface area contributed by atoms with Crippen molar-refractivity contribution in [2.75, 3.05) is 14.2 Å². The van der Waals surface area contributed by atoms with Crippen molar-refractivity contribution in [3.63, 3.8) is 0 Å². The van der Waals surface area contributed by atoms with E-state index in [2.05, 4.69) is 6.92 Å². The molecule has 0 unspecified atom stereocenters. The second-order valence-corrected chi connectivity index (χ2v) is 3.98. The summed E-state index contributed by atoms with van der Waals surface area (Å²) in [4.78, 5) is 0. The van der Waals surface area contributed by atoms with Crippen molar-refractivity contribution in [3.05, 3.63) is 22.7 Å². The minimum atomic E-state index is -0.0580. The number of hydrogen-bond acceptors (Lipinski definition) is 3. The Balaban J connectivity index is 3.13. The first-order chi connectivity index (χ1) is 7.65. The van der Waals surface area contributed by atoms with Crippen molar-refractivity contribution in [2.45, 2.75) is 25.8 Å². The molecule has 2 N–H and O–H groups in total. The van der Waals surface area contributed by atoms with Gasteiger partial charge in [0.2, 0.25) is 0 Å². The molecule has 0 fully saturated rings. The maximum Gasteiger partial charge on any atom is 0.179 e. The minimum Gasteiger partial charge on any atom is -0.493 e. The van der Waals surface area contributed by atoms with E-state index in [1.54, 1.807) is 14.2 Å². The summed E-state index contributed by atoms with van der Waals surface area (Å²) >= 11 is 6.24. The van der Waals surface area contributed by atoms with E-state index in [9.17, 15) is 0 Å². The summed E-state index contributed by atoms with van der Waals surface area (Å²) in [5, 5.41) is 0.544. The van der Waals surface area contributed by atoms with Crippen LogP contribution in [0.2, 0.25) is 5.02 Å². The van der Waals surface area contributed by atoms with Gasteiger partial charge in [-0.15, -0.1) is 0 Å². The molecule has 0 saturated heterocycles. The fourth-order valence-electron chi connectivity index (χ4n) is 1.66. The van der Waals surface area contributed by atoms with Gasteiger partial charge >= 0.3 is 0 Å². The smallest absolute Gasteiger partial charge is 0.179 e. The number of halogens is 1. The van der Waals surface area contributed by atoms with Crippen molar-refractivity contribution in [1.82, 2.24) is 0 Å². The van der Waals surface area contributed by atoms with Crippen LogP contribution in [0.25, 0.3) is 0 Å². The minimum absolute atomic E-state index is 0.0580. The highest BCUT2D eigenvalue weighted by Crippen LogP contribution is 2.39. The third-order valence-corrected chi connectivity index (χ3v) is 2.90. The van der Waals surface area contributed by atoms with Crippen LogP contribution in [0.5, 0.6) is 11.5 Å². The first-order valence-corrected chi connectivity index (χ1v) is 5.69. The second-order valence-electron chi connectivity index (χ2n) is 3.60. The lowest BCUT2D eigenvalue weighted by Crippen LogP contribution is -2.11.